The maximum atomic E-state index is 11.7. The number of carbonyl (C=O) groups is 1. The van der Waals surface area contributed by atoms with Gasteiger partial charge in [-0.05, 0) is 85.0 Å². The number of aryl methyl sites for hydroxylation is 1. The van der Waals surface area contributed by atoms with Crippen molar-refractivity contribution < 1.29 is 14.3 Å². The Bertz CT molecular complexity index is 701. The summed E-state index contributed by atoms with van der Waals surface area (Å²) in [4.78, 5) is 11.7. The van der Waals surface area contributed by atoms with Crippen LogP contribution in [0.2, 0.25) is 0 Å². The standard InChI is InChI=1S/C21H29NO3/c1-21-9-8-13-14(17(21)6-7-19(21)25-3)5-4-12-10-16(20(22)23)18(24-2)11-15(12)13/h10-11,13-14,17,19H,4-9H2,1-3H3,(H2,22,23). The lowest BCUT2D eigenvalue weighted by molar-refractivity contribution is -0.0444. The van der Waals surface area contributed by atoms with Crippen molar-refractivity contribution in [3.05, 3.63) is 28.8 Å². The predicted octanol–water partition coefficient (Wildman–Crippen LogP) is 3.67. The highest BCUT2D eigenvalue weighted by Gasteiger charge is 2.55. The molecule has 3 aliphatic carbocycles. The summed E-state index contributed by atoms with van der Waals surface area (Å²) in [5.41, 5.74) is 9.06. The Kier molecular flexibility index (Phi) is 4.06. The van der Waals surface area contributed by atoms with E-state index >= 15 is 0 Å². The fraction of sp³-hybridized carbons (Fsp3) is 0.667. The molecule has 2 fully saturated rings. The summed E-state index contributed by atoms with van der Waals surface area (Å²) >= 11 is 0. The zero-order valence-electron chi connectivity index (χ0n) is 15.5. The number of ether oxygens (including phenoxy) is 2. The van der Waals surface area contributed by atoms with Crippen molar-refractivity contribution in [2.45, 2.75) is 57.5 Å². The fourth-order valence-electron chi connectivity index (χ4n) is 6.30. The highest BCUT2D eigenvalue weighted by atomic mass is 16.5. The van der Waals surface area contributed by atoms with Gasteiger partial charge in [-0.25, -0.2) is 0 Å². The number of amides is 1. The lowest BCUT2D eigenvalue weighted by atomic mass is 9.55. The summed E-state index contributed by atoms with van der Waals surface area (Å²) in [6.07, 6.45) is 7.54. The number of methoxy groups -OCH3 is 2. The molecule has 0 saturated heterocycles. The van der Waals surface area contributed by atoms with Gasteiger partial charge in [-0.1, -0.05) is 6.92 Å². The van der Waals surface area contributed by atoms with Gasteiger partial charge >= 0.3 is 0 Å². The minimum absolute atomic E-state index is 0.324. The third kappa shape index (κ3) is 2.41. The first kappa shape index (κ1) is 16.9. The van der Waals surface area contributed by atoms with E-state index in [1.807, 2.05) is 13.2 Å². The van der Waals surface area contributed by atoms with E-state index in [0.29, 0.717) is 28.7 Å². The second kappa shape index (κ2) is 6.01. The van der Waals surface area contributed by atoms with Gasteiger partial charge in [-0.2, -0.15) is 0 Å². The number of fused-ring (bicyclic) bond motifs is 5. The average molecular weight is 343 g/mol. The molecule has 0 aliphatic heterocycles. The van der Waals surface area contributed by atoms with Gasteiger partial charge in [-0.15, -0.1) is 0 Å². The van der Waals surface area contributed by atoms with E-state index in [2.05, 4.69) is 13.0 Å². The molecular weight excluding hydrogens is 314 g/mol. The number of hydrogen-bond donors (Lipinski definition) is 1. The van der Waals surface area contributed by atoms with Crippen LogP contribution in [0, 0.1) is 17.3 Å². The molecule has 0 aromatic heterocycles. The number of primary amides is 1. The minimum atomic E-state index is -0.406. The molecule has 5 unspecified atom stereocenters. The van der Waals surface area contributed by atoms with Gasteiger partial charge < -0.3 is 15.2 Å². The molecule has 0 heterocycles. The average Bonchev–Trinajstić information content (AvgIpc) is 2.96. The number of benzene rings is 1. The Balaban J connectivity index is 1.71. The molecule has 2 saturated carbocycles. The molecule has 4 nitrogen and oxygen atoms in total. The molecule has 0 radical (unpaired) electrons. The van der Waals surface area contributed by atoms with E-state index in [1.165, 1.54) is 43.2 Å². The lowest BCUT2D eigenvalue weighted by Crippen LogP contribution is -2.44. The Hall–Kier alpha value is -1.55. The van der Waals surface area contributed by atoms with Gasteiger partial charge in [0.2, 0.25) is 0 Å². The first-order chi connectivity index (χ1) is 12.0. The predicted molar refractivity (Wildman–Crippen MR) is 96.9 cm³/mol. The van der Waals surface area contributed by atoms with Crippen LogP contribution in [0.15, 0.2) is 12.1 Å². The summed E-state index contributed by atoms with van der Waals surface area (Å²) in [6.45, 7) is 2.45. The van der Waals surface area contributed by atoms with E-state index in [0.717, 1.165) is 18.3 Å². The summed E-state index contributed by atoms with van der Waals surface area (Å²) in [5, 5.41) is 0. The van der Waals surface area contributed by atoms with Gasteiger partial charge in [-0.3, -0.25) is 4.79 Å². The van der Waals surface area contributed by atoms with Gasteiger partial charge in [0.15, 0.2) is 0 Å². The van der Waals surface area contributed by atoms with Crippen LogP contribution in [0.4, 0.5) is 0 Å². The van der Waals surface area contributed by atoms with Crippen LogP contribution in [-0.4, -0.2) is 26.2 Å². The van der Waals surface area contributed by atoms with Crippen molar-refractivity contribution >= 4 is 5.91 Å². The quantitative estimate of drug-likeness (QED) is 0.911. The van der Waals surface area contributed by atoms with Crippen LogP contribution in [-0.2, 0) is 11.2 Å². The molecule has 25 heavy (non-hydrogen) atoms. The highest BCUT2D eigenvalue weighted by molar-refractivity contribution is 5.96. The summed E-state index contributed by atoms with van der Waals surface area (Å²) in [7, 11) is 3.49. The van der Waals surface area contributed by atoms with Crippen LogP contribution in [0.5, 0.6) is 5.75 Å². The third-order valence-electron chi connectivity index (χ3n) is 7.51. The number of nitrogens with two attached hydrogens (primary N) is 1. The summed E-state index contributed by atoms with van der Waals surface area (Å²) < 4.78 is 11.3. The van der Waals surface area contributed by atoms with Crippen molar-refractivity contribution in [1.29, 1.82) is 0 Å². The second-order valence-electron chi connectivity index (χ2n) is 8.38. The Morgan fingerprint density at radius 2 is 2.00 bits per heavy atom. The maximum absolute atomic E-state index is 11.7. The molecule has 1 aromatic carbocycles. The van der Waals surface area contributed by atoms with E-state index in [1.54, 1.807) is 7.11 Å². The zero-order chi connectivity index (χ0) is 17.8. The monoisotopic (exact) mass is 343 g/mol. The third-order valence-corrected chi connectivity index (χ3v) is 7.51. The van der Waals surface area contributed by atoms with Gasteiger partial charge in [0.1, 0.15) is 5.75 Å². The van der Waals surface area contributed by atoms with E-state index < -0.39 is 5.91 Å². The topological polar surface area (TPSA) is 61.5 Å². The van der Waals surface area contributed by atoms with Crippen LogP contribution < -0.4 is 10.5 Å². The molecule has 5 atom stereocenters. The lowest BCUT2D eigenvalue weighted by Gasteiger charge is -2.50. The molecule has 3 aliphatic rings. The Morgan fingerprint density at radius 3 is 2.68 bits per heavy atom. The molecule has 1 amide bonds. The number of rotatable bonds is 3. The van der Waals surface area contributed by atoms with Crippen molar-refractivity contribution in [3.63, 3.8) is 0 Å². The summed E-state index contributed by atoms with van der Waals surface area (Å²) in [5.74, 6) is 2.26. The van der Waals surface area contributed by atoms with Crippen LogP contribution >= 0.6 is 0 Å². The molecule has 2 N–H and O–H groups in total. The van der Waals surface area contributed by atoms with Crippen LogP contribution in [0.25, 0.3) is 0 Å². The fourth-order valence-corrected chi connectivity index (χ4v) is 6.30. The van der Waals surface area contributed by atoms with Crippen molar-refractivity contribution in [3.8, 4) is 5.75 Å². The molecule has 0 spiro atoms. The number of carbonyl (C=O) groups excluding carboxylic acids is 1. The van der Waals surface area contributed by atoms with E-state index in [-0.39, 0.29) is 0 Å². The smallest absolute Gasteiger partial charge is 0.252 e. The van der Waals surface area contributed by atoms with E-state index in [9.17, 15) is 4.79 Å². The molecule has 4 rings (SSSR count). The highest BCUT2D eigenvalue weighted by Crippen LogP contribution is 2.61. The Morgan fingerprint density at radius 1 is 1.20 bits per heavy atom. The molecule has 136 valence electrons. The molecule has 1 aromatic rings. The molecule has 0 bridgehead atoms. The summed E-state index contributed by atoms with van der Waals surface area (Å²) in [6, 6.07) is 4.07. The first-order valence-electron chi connectivity index (χ1n) is 9.53. The molecular formula is C21H29NO3. The van der Waals surface area contributed by atoms with Crippen LogP contribution in [0.1, 0.15) is 66.4 Å². The SMILES string of the molecule is COc1cc2c(cc1C(N)=O)CCC1C2CCC2(C)C(OC)CCC12. The van der Waals surface area contributed by atoms with Gasteiger partial charge in [0, 0.05) is 7.11 Å². The van der Waals surface area contributed by atoms with Crippen molar-refractivity contribution in [2.75, 3.05) is 14.2 Å². The maximum Gasteiger partial charge on any atom is 0.252 e. The molecule has 4 heteroatoms. The van der Waals surface area contributed by atoms with Crippen molar-refractivity contribution in [2.24, 2.45) is 23.0 Å². The van der Waals surface area contributed by atoms with E-state index in [4.69, 9.17) is 15.2 Å². The van der Waals surface area contributed by atoms with Gasteiger partial charge in [0.05, 0.1) is 18.8 Å². The minimum Gasteiger partial charge on any atom is -0.496 e. The zero-order valence-corrected chi connectivity index (χ0v) is 15.5. The van der Waals surface area contributed by atoms with Crippen molar-refractivity contribution in [1.82, 2.24) is 0 Å². The largest absolute Gasteiger partial charge is 0.496 e. The second-order valence-corrected chi connectivity index (χ2v) is 8.38. The van der Waals surface area contributed by atoms with Gasteiger partial charge in [0.25, 0.3) is 5.91 Å². The Labute approximate surface area is 150 Å². The van der Waals surface area contributed by atoms with Crippen LogP contribution in [0.3, 0.4) is 0 Å². The number of hydrogen-bond acceptors (Lipinski definition) is 3. The first-order valence-corrected chi connectivity index (χ1v) is 9.53. The normalized spacial score (nSPS) is 36.3.